The number of carbonyl (C=O) groups excluding carboxylic acids is 1. The highest BCUT2D eigenvalue weighted by molar-refractivity contribution is 7.91. The van der Waals surface area contributed by atoms with Crippen molar-refractivity contribution in [2.24, 2.45) is 11.7 Å². The van der Waals surface area contributed by atoms with Gasteiger partial charge in [0.15, 0.2) is 9.84 Å². The molecule has 34 heavy (non-hydrogen) atoms. The molecule has 1 fully saturated rings. The summed E-state index contributed by atoms with van der Waals surface area (Å²) in [4.78, 5) is 13.4. The Labute approximate surface area is 199 Å². The predicted molar refractivity (Wildman–Crippen MR) is 132 cm³/mol. The van der Waals surface area contributed by atoms with Gasteiger partial charge in [0.25, 0.3) is 5.91 Å². The van der Waals surface area contributed by atoms with Crippen molar-refractivity contribution < 1.29 is 18.3 Å². The van der Waals surface area contributed by atoms with E-state index >= 15 is 0 Å². The summed E-state index contributed by atoms with van der Waals surface area (Å²) in [6, 6.07) is 15.2. The first kappa shape index (κ1) is 24.0. The van der Waals surface area contributed by atoms with E-state index in [2.05, 4.69) is 5.32 Å². The van der Waals surface area contributed by atoms with Crippen molar-refractivity contribution in [3.8, 4) is 0 Å². The Balaban J connectivity index is 1.61. The third-order valence-corrected chi connectivity index (χ3v) is 8.21. The number of amidine groups is 1. The number of nitrogens with one attached hydrogen (secondary N) is 2. The maximum absolute atomic E-state index is 13.2. The van der Waals surface area contributed by atoms with E-state index in [9.17, 15) is 18.3 Å². The van der Waals surface area contributed by atoms with Crippen LogP contribution in [0.5, 0.6) is 0 Å². The minimum atomic E-state index is -3.55. The molecule has 5 N–H and O–H groups in total. The van der Waals surface area contributed by atoms with Gasteiger partial charge in [-0.05, 0) is 55.9 Å². The molecule has 180 valence electrons. The zero-order valence-corrected chi connectivity index (χ0v) is 19.7. The van der Waals surface area contributed by atoms with Gasteiger partial charge in [0.1, 0.15) is 11.5 Å². The molecule has 1 aliphatic carbocycles. The second-order valence-electron chi connectivity index (χ2n) is 8.88. The number of benzene rings is 2. The number of amides is 1. The van der Waals surface area contributed by atoms with Gasteiger partial charge in [-0.2, -0.15) is 0 Å². The molecule has 0 spiro atoms. The molecule has 1 saturated carbocycles. The van der Waals surface area contributed by atoms with Crippen LogP contribution in [0.4, 0.5) is 0 Å². The van der Waals surface area contributed by atoms with Crippen molar-refractivity contribution in [1.29, 1.82) is 5.41 Å². The van der Waals surface area contributed by atoms with Crippen molar-refractivity contribution in [2.45, 2.75) is 43.2 Å². The number of aromatic nitrogens is 1. The number of fused-ring (bicyclic) bond motifs is 1. The van der Waals surface area contributed by atoms with Gasteiger partial charge in [-0.25, -0.2) is 8.42 Å². The van der Waals surface area contributed by atoms with E-state index in [1.54, 1.807) is 59.2 Å². The monoisotopic (exact) mass is 482 g/mol. The molecule has 0 atom stereocenters. The summed E-state index contributed by atoms with van der Waals surface area (Å²) in [7, 11) is -3.55. The summed E-state index contributed by atoms with van der Waals surface area (Å²) in [5.74, 6) is -0.236. The average molecular weight is 483 g/mol. The first-order chi connectivity index (χ1) is 16.2. The Morgan fingerprint density at radius 3 is 2.47 bits per heavy atom. The molecule has 3 aromatic rings. The Kier molecular flexibility index (Phi) is 7.04. The highest BCUT2D eigenvalue weighted by Gasteiger charge is 2.23. The largest absolute Gasteiger partial charge is 0.393 e. The molecule has 0 bridgehead atoms. The lowest BCUT2D eigenvalue weighted by atomic mass is 9.87. The van der Waals surface area contributed by atoms with Gasteiger partial charge in [0, 0.05) is 29.6 Å². The molecule has 1 amide bonds. The second kappa shape index (κ2) is 9.99. The molecular weight excluding hydrogens is 452 g/mol. The number of nitrogens with two attached hydrogens (primary N) is 1. The summed E-state index contributed by atoms with van der Waals surface area (Å²) >= 11 is 0. The number of aliphatic hydroxyl groups excluding tert-OH is 1. The van der Waals surface area contributed by atoms with Crippen molar-refractivity contribution in [3.05, 3.63) is 65.9 Å². The molecule has 1 aromatic heterocycles. The molecule has 0 saturated heterocycles. The van der Waals surface area contributed by atoms with E-state index in [4.69, 9.17) is 11.1 Å². The molecule has 0 radical (unpaired) electrons. The Morgan fingerprint density at radius 2 is 1.79 bits per heavy atom. The third kappa shape index (κ3) is 5.31. The SMILES string of the molecule is N=C(N)c1ccc2cc(C(=O)NC[C@H]3CC[C@H](O)CC3)n(CCS(=O)(=O)c3ccccc3)c2c1. The van der Waals surface area contributed by atoms with Gasteiger partial charge in [-0.15, -0.1) is 0 Å². The predicted octanol–water partition coefficient (Wildman–Crippen LogP) is 2.68. The fourth-order valence-corrected chi connectivity index (χ4v) is 5.72. The molecule has 1 aliphatic rings. The van der Waals surface area contributed by atoms with E-state index < -0.39 is 9.84 Å². The molecule has 0 aliphatic heterocycles. The topological polar surface area (TPSA) is 138 Å². The summed E-state index contributed by atoms with van der Waals surface area (Å²) in [5, 5.41) is 21.2. The maximum Gasteiger partial charge on any atom is 0.267 e. The quantitative estimate of drug-likeness (QED) is 0.289. The van der Waals surface area contributed by atoms with Crippen LogP contribution in [0.15, 0.2) is 59.5 Å². The number of hydrogen-bond donors (Lipinski definition) is 4. The fourth-order valence-electron chi connectivity index (χ4n) is 4.48. The molecule has 9 heteroatoms. The lowest BCUT2D eigenvalue weighted by Crippen LogP contribution is -2.33. The van der Waals surface area contributed by atoms with E-state index in [0.717, 1.165) is 31.1 Å². The Bertz CT molecular complexity index is 1290. The maximum atomic E-state index is 13.2. The van der Waals surface area contributed by atoms with E-state index in [1.165, 1.54) is 0 Å². The molecule has 0 unspecified atom stereocenters. The highest BCUT2D eigenvalue weighted by atomic mass is 32.2. The summed E-state index contributed by atoms with van der Waals surface area (Å²) in [6.45, 7) is 0.592. The molecule has 2 aromatic carbocycles. The van der Waals surface area contributed by atoms with Crippen molar-refractivity contribution in [2.75, 3.05) is 12.3 Å². The van der Waals surface area contributed by atoms with Crippen molar-refractivity contribution in [1.82, 2.24) is 9.88 Å². The lowest BCUT2D eigenvalue weighted by Gasteiger charge is -2.25. The first-order valence-electron chi connectivity index (χ1n) is 11.5. The average Bonchev–Trinajstić information content (AvgIpc) is 3.20. The molecule has 1 heterocycles. The van der Waals surface area contributed by atoms with Crippen LogP contribution in [-0.4, -0.2) is 48.2 Å². The van der Waals surface area contributed by atoms with Crippen LogP contribution >= 0.6 is 0 Å². The number of carbonyl (C=O) groups is 1. The molecular formula is C25H30N4O4S. The smallest absolute Gasteiger partial charge is 0.267 e. The highest BCUT2D eigenvalue weighted by Crippen LogP contribution is 2.25. The van der Waals surface area contributed by atoms with Crippen LogP contribution in [0.25, 0.3) is 10.9 Å². The van der Waals surface area contributed by atoms with E-state index in [1.807, 2.05) is 0 Å². The summed E-state index contributed by atoms with van der Waals surface area (Å²) in [5.41, 5.74) is 7.19. The Hall–Kier alpha value is -3.17. The van der Waals surface area contributed by atoms with Crippen LogP contribution in [0.3, 0.4) is 0 Å². The fraction of sp³-hybridized carbons (Fsp3) is 0.360. The van der Waals surface area contributed by atoms with Crippen molar-refractivity contribution >= 4 is 32.5 Å². The van der Waals surface area contributed by atoms with Crippen LogP contribution < -0.4 is 11.1 Å². The van der Waals surface area contributed by atoms with Gasteiger partial charge in [0.2, 0.25) is 0 Å². The number of nitrogens with zero attached hydrogens (tertiary/aromatic N) is 1. The van der Waals surface area contributed by atoms with Gasteiger partial charge >= 0.3 is 0 Å². The zero-order chi connectivity index (χ0) is 24.3. The number of nitrogen functional groups attached to an aromatic ring is 1. The second-order valence-corrected chi connectivity index (χ2v) is 11.0. The number of aliphatic hydroxyl groups is 1. The number of aryl methyl sites for hydroxylation is 1. The van der Waals surface area contributed by atoms with Crippen LogP contribution in [0.1, 0.15) is 41.7 Å². The zero-order valence-electron chi connectivity index (χ0n) is 18.9. The van der Waals surface area contributed by atoms with Crippen LogP contribution in [0.2, 0.25) is 0 Å². The summed E-state index contributed by atoms with van der Waals surface area (Å²) in [6.07, 6.45) is 2.96. The molecule has 4 rings (SSSR count). The van der Waals surface area contributed by atoms with Crippen LogP contribution in [0, 0.1) is 11.3 Å². The van der Waals surface area contributed by atoms with Gasteiger partial charge in [-0.3, -0.25) is 10.2 Å². The van der Waals surface area contributed by atoms with Crippen LogP contribution in [-0.2, 0) is 16.4 Å². The van der Waals surface area contributed by atoms with E-state index in [-0.39, 0.29) is 35.0 Å². The number of sulfone groups is 1. The molecule has 8 nitrogen and oxygen atoms in total. The normalized spacial score (nSPS) is 18.6. The van der Waals surface area contributed by atoms with Gasteiger partial charge in [-0.1, -0.05) is 30.3 Å². The van der Waals surface area contributed by atoms with Gasteiger partial charge < -0.3 is 20.7 Å². The number of hydrogen-bond acceptors (Lipinski definition) is 5. The minimum absolute atomic E-state index is 0.0838. The minimum Gasteiger partial charge on any atom is -0.393 e. The van der Waals surface area contributed by atoms with E-state index in [0.29, 0.717) is 29.2 Å². The standard InChI is InChI=1S/C25H30N4O4S/c26-24(27)19-9-8-18-14-23(25(31)28-16-17-6-10-20(30)11-7-17)29(22(18)15-19)12-13-34(32,33)21-4-2-1-3-5-21/h1-5,8-9,14-15,17,20,30H,6-7,10-13,16H2,(H3,26,27)(H,28,31)/t17-,20-. The van der Waals surface area contributed by atoms with Gasteiger partial charge in [0.05, 0.1) is 16.8 Å². The lowest BCUT2D eigenvalue weighted by molar-refractivity contribution is 0.0902. The number of rotatable bonds is 8. The third-order valence-electron chi connectivity index (χ3n) is 6.50. The first-order valence-corrected chi connectivity index (χ1v) is 13.1. The summed E-state index contributed by atoms with van der Waals surface area (Å²) < 4.78 is 27.5. The van der Waals surface area contributed by atoms with Crippen molar-refractivity contribution in [3.63, 3.8) is 0 Å². The Morgan fingerprint density at radius 1 is 1.09 bits per heavy atom.